The standard InChI is InChI=1S/C18H19NO7/c1-11(20)25-15-9-14(18(23)24-3)10-19(17(15)26-12(2)21)16(22)13-7-5-4-6-8-13/h4-8,10,15,17H,9H2,1-3H3/t15-,17-/m0/s1. The largest absolute Gasteiger partial charge is 0.466 e. The Bertz CT molecular complexity index is 741. The molecule has 1 aliphatic rings. The highest BCUT2D eigenvalue weighted by Crippen LogP contribution is 2.27. The number of methoxy groups -OCH3 is 1. The Morgan fingerprint density at radius 2 is 1.62 bits per heavy atom. The fourth-order valence-electron chi connectivity index (χ4n) is 2.58. The first-order valence-corrected chi connectivity index (χ1v) is 7.84. The average Bonchev–Trinajstić information content (AvgIpc) is 2.61. The molecule has 1 heterocycles. The van der Waals surface area contributed by atoms with Crippen LogP contribution in [0.15, 0.2) is 42.1 Å². The molecule has 2 rings (SSSR count). The highest BCUT2D eigenvalue weighted by atomic mass is 16.6. The molecule has 26 heavy (non-hydrogen) atoms. The van der Waals surface area contributed by atoms with Crippen molar-refractivity contribution in [3.8, 4) is 0 Å². The summed E-state index contributed by atoms with van der Waals surface area (Å²) in [5, 5.41) is 0. The van der Waals surface area contributed by atoms with Crippen LogP contribution in [-0.2, 0) is 28.6 Å². The first-order chi connectivity index (χ1) is 12.3. The normalized spacial score (nSPS) is 19.2. The third-order valence-electron chi connectivity index (χ3n) is 3.62. The lowest BCUT2D eigenvalue weighted by atomic mass is 10.0. The number of carbonyl (C=O) groups is 4. The minimum atomic E-state index is -1.20. The van der Waals surface area contributed by atoms with Gasteiger partial charge in [-0.2, -0.15) is 0 Å². The van der Waals surface area contributed by atoms with Gasteiger partial charge in [0.1, 0.15) is 0 Å². The number of benzene rings is 1. The van der Waals surface area contributed by atoms with Crippen LogP contribution in [0.3, 0.4) is 0 Å². The molecule has 0 saturated heterocycles. The third kappa shape index (κ3) is 4.47. The maximum atomic E-state index is 12.9. The highest BCUT2D eigenvalue weighted by molar-refractivity contribution is 5.97. The van der Waals surface area contributed by atoms with Gasteiger partial charge in [0.05, 0.1) is 12.7 Å². The molecule has 138 valence electrons. The second-order valence-corrected chi connectivity index (χ2v) is 5.58. The zero-order chi connectivity index (χ0) is 19.3. The minimum absolute atomic E-state index is 0.0528. The zero-order valence-corrected chi connectivity index (χ0v) is 14.6. The van der Waals surface area contributed by atoms with E-state index in [0.29, 0.717) is 5.56 Å². The van der Waals surface area contributed by atoms with Crippen LogP contribution in [0.1, 0.15) is 30.6 Å². The Labute approximate surface area is 150 Å². The SMILES string of the molecule is COC(=O)C1=CN(C(=O)c2ccccc2)[C@@H](OC(C)=O)[C@@H](OC(C)=O)C1. The molecule has 0 aromatic heterocycles. The molecule has 1 amide bonds. The summed E-state index contributed by atoms with van der Waals surface area (Å²) in [5.74, 6) is -2.48. The Morgan fingerprint density at radius 1 is 1.00 bits per heavy atom. The monoisotopic (exact) mass is 361 g/mol. The zero-order valence-electron chi connectivity index (χ0n) is 14.6. The number of hydrogen-bond donors (Lipinski definition) is 0. The van der Waals surface area contributed by atoms with Crippen LogP contribution >= 0.6 is 0 Å². The topological polar surface area (TPSA) is 99.2 Å². The predicted molar refractivity (Wildman–Crippen MR) is 88.4 cm³/mol. The first kappa shape index (κ1) is 19.2. The molecule has 0 fully saturated rings. The summed E-state index contributed by atoms with van der Waals surface area (Å²) >= 11 is 0. The summed E-state index contributed by atoms with van der Waals surface area (Å²) in [6.07, 6.45) is -1.03. The van der Waals surface area contributed by atoms with E-state index in [1.54, 1.807) is 30.3 Å². The van der Waals surface area contributed by atoms with Crippen molar-refractivity contribution in [2.24, 2.45) is 0 Å². The summed E-state index contributed by atoms with van der Waals surface area (Å²) in [6, 6.07) is 8.25. The van der Waals surface area contributed by atoms with Crippen LogP contribution in [0.2, 0.25) is 0 Å². The number of ether oxygens (including phenoxy) is 3. The molecule has 0 saturated carbocycles. The predicted octanol–water partition coefficient (Wildman–Crippen LogP) is 1.41. The van der Waals surface area contributed by atoms with Crippen LogP contribution in [0, 0.1) is 0 Å². The van der Waals surface area contributed by atoms with Crippen molar-refractivity contribution >= 4 is 23.8 Å². The second kappa shape index (κ2) is 8.28. The van der Waals surface area contributed by atoms with E-state index in [4.69, 9.17) is 14.2 Å². The fraction of sp³-hybridized carbons (Fsp3) is 0.333. The van der Waals surface area contributed by atoms with E-state index >= 15 is 0 Å². The van der Waals surface area contributed by atoms with Gasteiger partial charge in [-0.25, -0.2) is 4.79 Å². The van der Waals surface area contributed by atoms with Gasteiger partial charge in [0.2, 0.25) is 6.23 Å². The van der Waals surface area contributed by atoms with Gasteiger partial charge < -0.3 is 14.2 Å². The summed E-state index contributed by atoms with van der Waals surface area (Å²) in [4.78, 5) is 48.8. The van der Waals surface area contributed by atoms with Crippen LogP contribution < -0.4 is 0 Å². The lowest BCUT2D eigenvalue weighted by Gasteiger charge is -2.37. The molecule has 0 unspecified atom stereocenters. The molecule has 1 aliphatic heterocycles. The molecule has 2 atom stereocenters. The Balaban J connectivity index is 2.47. The van der Waals surface area contributed by atoms with Crippen molar-refractivity contribution < 1.29 is 33.4 Å². The van der Waals surface area contributed by atoms with Crippen molar-refractivity contribution in [1.82, 2.24) is 4.90 Å². The van der Waals surface area contributed by atoms with Crippen LogP contribution in [-0.4, -0.2) is 48.2 Å². The van der Waals surface area contributed by atoms with Gasteiger partial charge >= 0.3 is 17.9 Å². The van der Waals surface area contributed by atoms with Crippen molar-refractivity contribution in [3.63, 3.8) is 0 Å². The van der Waals surface area contributed by atoms with E-state index in [9.17, 15) is 19.2 Å². The summed E-state index contributed by atoms with van der Waals surface area (Å²) in [6.45, 7) is 2.36. The lowest BCUT2D eigenvalue weighted by Crippen LogP contribution is -2.51. The van der Waals surface area contributed by atoms with Gasteiger partial charge in [-0.1, -0.05) is 18.2 Å². The number of nitrogens with zero attached hydrogens (tertiary/aromatic N) is 1. The molecule has 0 aliphatic carbocycles. The Hall–Kier alpha value is -3.16. The van der Waals surface area contributed by atoms with Gasteiger partial charge in [0, 0.05) is 32.0 Å². The maximum Gasteiger partial charge on any atom is 0.335 e. The van der Waals surface area contributed by atoms with Crippen molar-refractivity contribution in [1.29, 1.82) is 0 Å². The number of hydrogen-bond acceptors (Lipinski definition) is 7. The van der Waals surface area contributed by atoms with E-state index in [-0.39, 0.29) is 12.0 Å². The number of carbonyl (C=O) groups excluding carboxylic acids is 4. The third-order valence-corrected chi connectivity index (χ3v) is 3.62. The Morgan fingerprint density at radius 3 is 2.15 bits per heavy atom. The van der Waals surface area contributed by atoms with Crippen molar-refractivity contribution in [2.75, 3.05) is 7.11 Å². The van der Waals surface area contributed by atoms with Crippen molar-refractivity contribution in [2.45, 2.75) is 32.6 Å². The average molecular weight is 361 g/mol. The highest BCUT2D eigenvalue weighted by Gasteiger charge is 2.41. The minimum Gasteiger partial charge on any atom is -0.466 e. The maximum absolute atomic E-state index is 12.9. The molecular formula is C18H19NO7. The molecule has 0 radical (unpaired) electrons. The number of amides is 1. The van der Waals surface area contributed by atoms with Gasteiger partial charge in [-0.05, 0) is 12.1 Å². The smallest absolute Gasteiger partial charge is 0.335 e. The molecular weight excluding hydrogens is 342 g/mol. The van der Waals surface area contributed by atoms with E-state index < -0.39 is 36.1 Å². The van der Waals surface area contributed by atoms with Crippen LogP contribution in [0.25, 0.3) is 0 Å². The fourth-order valence-corrected chi connectivity index (χ4v) is 2.58. The molecule has 0 N–H and O–H groups in total. The van der Waals surface area contributed by atoms with E-state index in [0.717, 1.165) is 4.90 Å². The van der Waals surface area contributed by atoms with Gasteiger partial charge in [-0.15, -0.1) is 0 Å². The van der Waals surface area contributed by atoms with Gasteiger partial charge in [0.25, 0.3) is 5.91 Å². The van der Waals surface area contributed by atoms with E-state index in [1.165, 1.54) is 27.2 Å². The van der Waals surface area contributed by atoms with E-state index in [2.05, 4.69) is 0 Å². The van der Waals surface area contributed by atoms with Gasteiger partial charge in [-0.3, -0.25) is 19.3 Å². The number of esters is 3. The van der Waals surface area contributed by atoms with E-state index in [1.807, 2.05) is 0 Å². The summed E-state index contributed by atoms with van der Waals surface area (Å²) in [5.41, 5.74) is 0.431. The van der Waals surface area contributed by atoms with Gasteiger partial charge in [0.15, 0.2) is 6.10 Å². The molecule has 8 nitrogen and oxygen atoms in total. The molecule has 8 heteroatoms. The quantitative estimate of drug-likeness (QED) is 0.590. The molecule has 0 spiro atoms. The van der Waals surface area contributed by atoms with Crippen LogP contribution in [0.5, 0.6) is 0 Å². The van der Waals surface area contributed by atoms with Crippen LogP contribution in [0.4, 0.5) is 0 Å². The first-order valence-electron chi connectivity index (χ1n) is 7.84. The lowest BCUT2D eigenvalue weighted by molar-refractivity contribution is -0.177. The summed E-state index contributed by atoms with van der Waals surface area (Å²) in [7, 11) is 1.20. The molecule has 0 bridgehead atoms. The molecule has 1 aromatic rings. The van der Waals surface area contributed by atoms with Crippen molar-refractivity contribution in [3.05, 3.63) is 47.7 Å². The second-order valence-electron chi connectivity index (χ2n) is 5.58. The summed E-state index contributed by atoms with van der Waals surface area (Å²) < 4.78 is 15.1. The Kier molecular flexibility index (Phi) is 6.11. The molecule has 1 aromatic carbocycles. The number of rotatable bonds is 4.